The van der Waals surface area contributed by atoms with Gasteiger partial charge in [-0.05, 0) is 18.2 Å². The van der Waals surface area contributed by atoms with Crippen molar-refractivity contribution in [3.8, 4) is 22.1 Å². The van der Waals surface area contributed by atoms with Crippen LogP contribution in [0.1, 0.15) is 12.1 Å². The molecule has 3 rings (SSSR count). The maximum Gasteiger partial charge on any atom is 0.161 e. The van der Waals surface area contributed by atoms with Crippen molar-refractivity contribution < 1.29 is 14.6 Å². The molecule has 94 valence electrons. The lowest BCUT2D eigenvalue weighted by atomic mass is 10.2. The smallest absolute Gasteiger partial charge is 0.161 e. The van der Waals surface area contributed by atoms with E-state index in [1.165, 1.54) is 11.3 Å². The van der Waals surface area contributed by atoms with Crippen LogP contribution in [0.2, 0.25) is 0 Å². The van der Waals surface area contributed by atoms with Crippen LogP contribution >= 0.6 is 11.3 Å². The van der Waals surface area contributed by atoms with E-state index in [-0.39, 0.29) is 6.61 Å². The monoisotopic (exact) mass is 263 g/mol. The standard InChI is InChI=1S/C13H13NO3S/c15-7-10-8-18-13(14-10)9-2-3-11-12(6-9)17-5-1-4-16-11/h2-3,6,8,15H,1,4-5,7H2. The summed E-state index contributed by atoms with van der Waals surface area (Å²) >= 11 is 1.52. The van der Waals surface area contributed by atoms with E-state index in [9.17, 15) is 0 Å². The van der Waals surface area contributed by atoms with E-state index in [1.54, 1.807) is 0 Å². The van der Waals surface area contributed by atoms with E-state index in [4.69, 9.17) is 14.6 Å². The molecule has 2 aromatic rings. The summed E-state index contributed by atoms with van der Waals surface area (Å²) in [5.74, 6) is 1.56. The third-order valence-corrected chi connectivity index (χ3v) is 3.65. The Labute approximate surface area is 109 Å². The number of aliphatic hydroxyl groups excluding tert-OH is 1. The quantitative estimate of drug-likeness (QED) is 0.904. The first kappa shape index (κ1) is 11.5. The Balaban J connectivity index is 1.95. The van der Waals surface area contributed by atoms with Crippen molar-refractivity contribution in [3.63, 3.8) is 0 Å². The molecule has 1 N–H and O–H groups in total. The van der Waals surface area contributed by atoms with Gasteiger partial charge in [-0.15, -0.1) is 11.3 Å². The zero-order chi connectivity index (χ0) is 12.4. The molecule has 0 spiro atoms. The molecule has 0 amide bonds. The summed E-state index contributed by atoms with van der Waals surface area (Å²) in [4.78, 5) is 4.34. The predicted molar refractivity (Wildman–Crippen MR) is 69.1 cm³/mol. The molecule has 1 aliphatic rings. The van der Waals surface area contributed by atoms with Crippen molar-refractivity contribution in [2.24, 2.45) is 0 Å². The minimum atomic E-state index is -0.0267. The molecule has 2 heterocycles. The molecule has 0 radical (unpaired) electrons. The maximum atomic E-state index is 9.03. The van der Waals surface area contributed by atoms with Crippen LogP contribution in [0.5, 0.6) is 11.5 Å². The summed E-state index contributed by atoms with van der Waals surface area (Å²) in [6.45, 7) is 1.34. The minimum absolute atomic E-state index is 0.0267. The zero-order valence-corrected chi connectivity index (χ0v) is 10.6. The van der Waals surface area contributed by atoms with Gasteiger partial charge in [-0.2, -0.15) is 0 Å². The number of aromatic nitrogens is 1. The summed E-state index contributed by atoms with van der Waals surface area (Å²) in [6, 6.07) is 5.82. The highest BCUT2D eigenvalue weighted by atomic mass is 32.1. The minimum Gasteiger partial charge on any atom is -0.490 e. The highest BCUT2D eigenvalue weighted by Crippen LogP contribution is 2.35. The number of aliphatic hydroxyl groups is 1. The third-order valence-electron chi connectivity index (χ3n) is 2.71. The second-order valence-electron chi connectivity index (χ2n) is 4.01. The lowest BCUT2D eigenvalue weighted by molar-refractivity contribution is 0.278. The van der Waals surface area contributed by atoms with Gasteiger partial charge in [-0.1, -0.05) is 0 Å². The maximum absolute atomic E-state index is 9.03. The summed E-state index contributed by atoms with van der Waals surface area (Å²) in [5, 5.41) is 11.8. The average molecular weight is 263 g/mol. The van der Waals surface area contributed by atoms with Crippen LogP contribution in [0.3, 0.4) is 0 Å². The first-order valence-corrected chi connectivity index (χ1v) is 6.70. The molecule has 5 heteroatoms. The number of hydrogen-bond donors (Lipinski definition) is 1. The summed E-state index contributed by atoms with van der Waals surface area (Å²) in [6.07, 6.45) is 0.899. The number of nitrogens with zero attached hydrogens (tertiary/aromatic N) is 1. The first-order valence-electron chi connectivity index (χ1n) is 5.82. The van der Waals surface area contributed by atoms with Gasteiger partial charge in [-0.3, -0.25) is 0 Å². The Bertz CT molecular complexity index is 553. The zero-order valence-electron chi connectivity index (χ0n) is 9.76. The van der Waals surface area contributed by atoms with E-state index in [0.717, 1.165) is 28.5 Å². The number of rotatable bonds is 2. The fraction of sp³-hybridized carbons (Fsp3) is 0.308. The molecule has 0 fully saturated rings. The molecule has 4 nitrogen and oxygen atoms in total. The SMILES string of the molecule is OCc1csc(-c2ccc3c(c2)OCCCO3)n1. The average Bonchev–Trinajstić information content (AvgIpc) is 2.76. The number of ether oxygens (including phenoxy) is 2. The van der Waals surface area contributed by atoms with Crippen LogP contribution in [0.15, 0.2) is 23.6 Å². The van der Waals surface area contributed by atoms with Gasteiger partial charge in [-0.25, -0.2) is 4.98 Å². The van der Waals surface area contributed by atoms with E-state index < -0.39 is 0 Å². The molecule has 0 aliphatic carbocycles. The highest BCUT2D eigenvalue weighted by Gasteiger charge is 2.12. The molecule has 0 saturated heterocycles. The predicted octanol–water partition coefficient (Wildman–Crippen LogP) is 2.46. The molecule has 0 unspecified atom stereocenters. The van der Waals surface area contributed by atoms with Gasteiger partial charge in [0.2, 0.25) is 0 Å². The lowest BCUT2D eigenvalue weighted by Gasteiger charge is -2.07. The van der Waals surface area contributed by atoms with Gasteiger partial charge in [0.15, 0.2) is 11.5 Å². The Morgan fingerprint density at radius 3 is 2.83 bits per heavy atom. The van der Waals surface area contributed by atoms with Gasteiger partial charge in [0.05, 0.1) is 25.5 Å². The summed E-state index contributed by atoms with van der Waals surface area (Å²) in [5.41, 5.74) is 1.69. The summed E-state index contributed by atoms with van der Waals surface area (Å²) in [7, 11) is 0. The van der Waals surface area contributed by atoms with E-state index in [2.05, 4.69) is 4.98 Å². The molecule has 1 aromatic carbocycles. The van der Waals surface area contributed by atoms with E-state index in [0.29, 0.717) is 18.9 Å². The number of hydrogen-bond acceptors (Lipinski definition) is 5. The highest BCUT2D eigenvalue weighted by molar-refractivity contribution is 7.13. The Morgan fingerprint density at radius 2 is 2.06 bits per heavy atom. The normalized spacial score (nSPS) is 14.3. The lowest BCUT2D eigenvalue weighted by Crippen LogP contribution is -1.97. The van der Waals surface area contributed by atoms with Gasteiger partial charge in [0, 0.05) is 17.4 Å². The third kappa shape index (κ3) is 2.19. The van der Waals surface area contributed by atoms with E-state index >= 15 is 0 Å². The molecule has 1 aromatic heterocycles. The van der Waals surface area contributed by atoms with Crippen LogP contribution in [-0.2, 0) is 6.61 Å². The molecule has 0 bridgehead atoms. The van der Waals surface area contributed by atoms with Crippen LogP contribution in [-0.4, -0.2) is 23.3 Å². The second kappa shape index (κ2) is 4.96. The molecule has 0 atom stereocenters. The molecular formula is C13H13NO3S. The molecule has 0 saturated carbocycles. The van der Waals surface area contributed by atoms with Crippen LogP contribution in [0.25, 0.3) is 10.6 Å². The van der Waals surface area contributed by atoms with Gasteiger partial charge in [0.1, 0.15) is 5.01 Å². The van der Waals surface area contributed by atoms with Crippen molar-refractivity contribution in [3.05, 3.63) is 29.3 Å². The molecular weight excluding hydrogens is 250 g/mol. The van der Waals surface area contributed by atoms with Crippen LogP contribution < -0.4 is 9.47 Å². The number of thiazole rings is 1. The van der Waals surface area contributed by atoms with Crippen molar-refractivity contribution in [1.82, 2.24) is 4.98 Å². The number of fused-ring (bicyclic) bond motifs is 1. The molecule has 1 aliphatic heterocycles. The Kier molecular flexibility index (Phi) is 3.17. The fourth-order valence-electron chi connectivity index (χ4n) is 1.81. The Hall–Kier alpha value is -1.59. The topological polar surface area (TPSA) is 51.6 Å². The first-order chi connectivity index (χ1) is 8.86. The molecule has 18 heavy (non-hydrogen) atoms. The fourth-order valence-corrected chi connectivity index (χ4v) is 2.62. The van der Waals surface area contributed by atoms with E-state index in [1.807, 2.05) is 23.6 Å². The number of benzene rings is 1. The second-order valence-corrected chi connectivity index (χ2v) is 4.87. The van der Waals surface area contributed by atoms with Gasteiger partial charge in [0.25, 0.3) is 0 Å². The van der Waals surface area contributed by atoms with Crippen LogP contribution in [0, 0.1) is 0 Å². The van der Waals surface area contributed by atoms with Crippen molar-refractivity contribution in [2.45, 2.75) is 13.0 Å². The van der Waals surface area contributed by atoms with Gasteiger partial charge < -0.3 is 14.6 Å². The van der Waals surface area contributed by atoms with Gasteiger partial charge >= 0.3 is 0 Å². The van der Waals surface area contributed by atoms with Crippen molar-refractivity contribution >= 4 is 11.3 Å². The summed E-state index contributed by atoms with van der Waals surface area (Å²) < 4.78 is 11.2. The Morgan fingerprint density at radius 1 is 1.22 bits per heavy atom. The largest absolute Gasteiger partial charge is 0.490 e. The van der Waals surface area contributed by atoms with Crippen LogP contribution in [0.4, 0.5) is 0 Å². The van der Waals surface area contributed by atoms with Crippen molar-refractivity contribution in [1.29, 1.82) is 0 Å². The van der Waals surface area contributed by atoms with Crippen molar-refractivity contribution in [2.75, 3.05) is 13.2 Å².